The number of hydrogen-bond acceptors (Lipinski definition) is 1. The van der Waals surface area contributed by atoms with Crippen molar-refractivity contribution < 1.29 is 0 Å². The second kappa shape index (κ2) is 12.1. The molecule has 0 unspecified atom stereocenters. The maximum atomic E-state index is 5.70. The molecular formula is C24H15Cl5PbS-. The normalized spacial score (nSPS) is 10.5. The van der Waals surface area contributed by atoms with Gasteiger partial charge in [0.15, 0.2) is 0 Å². The molecular weight excluding hydrogens is 705 g/mol. The van der Waals surface area contributed by atoms with Gasteiger partial charge in [0.05, 0.1) is 15.1 Å². The molecule has 0 saturated carbocycles. The van der Waals surface area contributed by atoms with Crippen molar-refractivity contribution in [1.29, 1.82) is 0 Å². The Hall–Kier alpha value is -0.528. The molecule has 4 aromatic rings. The van der Waals surface area contributed by atoms with Crippen molar-refractivity contribution >= 4 is 103 Å². The molecule has 0 N–H and O–H groups in total. The third kappa shape index (κ3) is 6.29. The van der Waals surface area contributed by atoms with Crippen LogP contribution in [-0.2, 0) is 12.6 Å². The average molecular weight is 720 g/mol. The van der Waals surface area contributed by atoms with E-state index in [0.29, 0.717) is 0 Å². The van der Waals surface area contributed by atoms with Crippen molar-refractivity contribution in [3.05, 3.63) is 116 Å². The van der Waals surface area contributed by atoms with Crippen molar-refractivity contribution in [3.63, 3.8) is 0 Å². The zero-order valence-electron chi connectivity index (χ0n) is 16.0. The van der Waals surface area contributed by atoms with E-state index in [1.807, 2.05) is 0 Å². The molecule has 0 aliphatic carbocycles. The fraction of sp³-hybridized carbons (Fsp3) is 0. The molecule has 0 aliphatic heterocycles. The Morgan fingerprint density at radius 3 is 0.968 bits per heavy atom. The molecule has 1 radical (unpaired) electrons. The Labute approximate surface area is 221 Å². The molecule has 0 bridgehead atoms. The summed E-state index contributed by atoms with van der Waals surface area (Å²) < 4.78 is 4.64. The molecule has 0 fully saturated rings. The molecule has 0 spiro atoms. The summed E-state index contributed by atoms with van der Waals surface area (Å²) in [6.45, 7) is 0. The van der Waals surface area contributed by atoms with Gasteiger partial charge in [-0.15, -0.1) is 4.90 Å². The molecule has 31 heavy (non-hydrogen) atoms. The van der Waals surface area contributed by atoms with E-state index in [0.717, 1.165) is 0 Å². The van der Waals surface area contributed by atoms with Crippen LogP contribution >= 0.6 is 58.0 Å². The van der Waals surface area contributed by atoms with E-state index in [2.05, 4.69) is 91.0 Å². The molecule has 0 heterocycles. The summed E-state index contributed by atoms with van der Waals surface area (Å²) >= 11 is 31.1. The van der Waals surface area contributed by atoms with Gasteiger partial charge in [-0.1, -0.05) is 58.0 Å². The number of rotatable bonds is 3. The predicted octanol–water partition coefficient (Wildman–Crippen LogP) is 7.06. The molecule has 4 rings (SSSR count). The fourth-order valence-corrected chi connectivity index (χ4v) is 14.4. The summed E-state index contributed by atoms with van der Waals surface area (Å²) in [5.74, 6) is 0. The average Bonchev–Trinajstić information content (AvgIpc) is 2.83. The van der Waals surface area contributed by atoms with Gasteiger partial charge in [-0.3, -0.25) is 0 Å². The topological polar surface area (TPSA) is 0 Å². The second-order valence-electron chi connectivity index (χ2n) is 6.37. The van der Waals surface area contributed by atoms with Crippen LogP contribution in [0.4, 0.5) is 0 Å². The SMILES string of the molecule is [S-]c1c(Cl)c(Cl)c(Cl)c(Cl)c1Cl.c1cc[c]([Pb]([c]2ccccc2)[c]2ccccc2)cc1. The van der Waals surface area contributed by atoms with Gasteiger partial charge in [0.2, 0.25) is 0 Å². The van der Waals surface area contributed by atoms with Crippen LogP contribution in [0.15, 0.2) is 95.9 Å². The van der Waals surface area contributed by atoms with E-state index < -0.39 is 22.7 Å². The first-order chi connectivity index (χ1) is 14.9. The van der Waals surface area contributed by atoms with Crippen molar-refractivity contribution in [2.45, 2.75) is 4.90 Å². The van der Waals surface area contributed by atoms with Gasteiger partial charge in [-0.05, 0) is 0 Å². The van der Waals surface area contributed by atoms with Gasteiger partial charge in [0, 0.05) is 10.0 Å². The molecule has 0 nitrogen and oxygen atoms in total. The summed E-state index contributed by atoms with van der Waals surface area (Å²) in [5, 5.41) is 0.717. The van der Waals surface area contributed by atoms with Crippen LogP contribution in [0.25, 0.3) is 0 Å². The van der Waals surface area contributed by atoms with E-state index in [1.165, 1.54) is 0 Å². The summed E-state index contributed by atoms with van der Waals surface area (Å²) in [6.07, 6.45) is 0. The van der Waals surface area contributed by atoms with Crippen LogP contribution in [0.1, 0.15) is 0 Å². The van der Waals surface area contributed by atoms with Gasteiger partial charge in [0.1, 0.15) is 0 Å². The summed E-state index contributed by atoms with van der Waals surface area (Å²) in [5.41, 5.74) is 0. The number of benzene rings is 4. The van der Waals surface area contributed by atoms with Gasteiger partial charge in [-0.25, -0.2) is 0 Å². The molecule has 0 amide bonds. The summed E-state index contributed by atoms with van der Waals surface area (Å²) in [4.78, 5) is 0.220. The Bertz CT molecular complexity index is 940. The zero-order chi connectivity index (χ0) is 22.4. The first kappa shape index (κ1) is 25.1. The monoisotopic (exact) mass is 718 g/mol. The van der Waals surface area contributed by atoms with Crippen LogP contribution in [-0.4, -0.2) is 22.7 Å². The molecule has 4 aromatic carbocycles. The van der Waals surface area contributed by atoms with Crippen molar-refractivity contribution in [1.82, 2.24) is 0 Å². The summed E-state index contributed by atoms with van der Waals surface area (Å²) in [7, 11) is 0. The van der Waals surface area contributed by atoms with E-state index in [1.54, 1.807) is 9.37 Å². The molecule has 0 aliphatic rings. The van der Waals surface area contributed by atoms with Gasteiger partial charge in [-0.2, -0.15) is 0 Å². The minimum atomic E-state index is -2.17. The van der Waals surface area contributed by atoms with Crippen LogP contribution in [0.2, 0.25) is 25.1 Å². The van der Waals surface area contributed by atoms with Crippen LogP contribution in [0.3, 0.4) is 0 Å². The van der Waals surface area contributed by atoms with Crippen LogP contribution < -0.4 is 9.37 Å². The standard InChI is InChI=1S/C6HCl5S.3C6H5.Pb/c7-1-2(8)4(10)6(12)5(11)3(1)9;3*1-2-4-6-5-3-1;/h12H;3*1-5H;/p-1. The van der Waals surface area contributed by atoms with Gasteiger partial charge >= 0.3 is 123 Å². The number of halogens is 5. The zero-order valence-corrected chi connectivity index (χ0v) is 24.4. The van der Waals surface area contributed by atoms with Crippen molar-refractivity contribution in [2.75, 3.05) is 0 Å². The summed E-state index contributed by atoms with van der Waals surface area (Å²) in [6, 6.07) is 33.0. The Balaban J connectivity index is 0.000000196. The molecule has 7 heteroatoms. The molecule has 0 aromatic heterocycles. The predicted molar refractivity (Wildman–Crippen MR) is 141 cm³/mol. The van der Waals surface area contributed by atoms with E-state index in [4.69, 9.17) is 70.6 Å². The van der Waals surface area contributed by atoms with Gasteiger partial charge in [0.25, 0.3) is 0 Å². The Kier molecular flexibility index (Phi) is 9.78. The first-order valence-electron chi connectivity index (χ1n) is 9.13. The molecule has 157 valence electrons. The first-order valence-corrected chi connectivity index (χ1v) is 17.3. The van der Waals surface area contributed by atoms with E-state index in [9.17, 15) is 0 Å². The van der Waals surface area contributed by atoms with Crippen molar-refractivity contribution in [2.24, 2.45) is 0 Å². The Morgan fingerprint density at radius 2 is 0.677 bits per heavy atom. The minimum absolute atomic E-state index is 0.127. The third-order valence-corrected chi connectivity index (χ3v) is 17.9. The Morgan fingerprint density at radius 1 is 0.419 bits per heavy atom. The quantitative estimate of drug-likeness (QED) is 0.0947. The third-order valence-electron chi connectivity index (χ3n) is 4.36. The number of hydrogen-bond donors (Lipinski definition) is 0. The molecule has 0 saturated heterocycles. The van der Waals surface area contributed by atoms with Crippen molar-refractivity contribution in [3.8, 4) is 0 Å². The van der Waals surface area contributed by atoms with Crippen LogP contribution in [0, 0.1) is 0 Å². The van der Waals surface area contributed by atoms with Crippen LogP contribution in [0.5, 0.6) is 0 Å². The fourth-order valence-electron chi connectivity index (χ4n) is 2.90. The second-order valence-corrected chi connectivity index (χ2v) is 18.3. The van der Waals surface area contributed by atoms with Gasteiger partial charge < -0.3 is 12.6 Å². The van der Waals surface area contributed by atoms with E-state index in [-0.39, 0.29) is 30.0 Å². The van der Waals surface area contributed by atoms with E-state index >= 15 is 0 Å². The molecule has 0 atom stereocenters. The maximum absolute atomic E-state index is 5.70.